The summed E-state index contributed by atoms with van der Waals surface area (Å²) in [4.78, 5) is 72.8. The maximum atomic E-state index is 13.1. The van der Waals surface area contributed by atoms with Gasteiger partial charge >= 0.3 is 39.5 Å². The molecule has 6 atom stereocenters. The molecule has 0 aromatic rings. The molecule has 0 rings (SSSR count). The number of rotatable bonds is 77. The Kier molecular flexibility index (Phi) is 68.7. The van der Waals surface area contributed by atoms with E-state index in [9.17, 15) is 43.2 Å². The lowest BCUT2D eigenvalue weighted by Crippen LogP contribution is -2.30. The highest BCUT2D eigenvalue weighted by Crippen LogP contribution is 2.45. The van der Waals surface area contributed by atoms with E-state index in [0.717, 1.165) is 102 Å². The number of unbranched alkanes of at least 4 members (excludes halogenated alkanes) is 48. The van der Waals surface area contributed by atoms with E-state index in [2.05, 4.69) is 34.6 Å². The first-order chi connectivity index (χ1) is 46.6. The van der Waals surface area contributed by atoms with Gasteiger partial charge in [-0.3, -0.25) is 37.3 Å². The van der Waals surface area contributed by atoms with Gasteiger partial charge in [-0.05, 0) is 31.6 Å². The third kappa shape index (κ3) is 69.2. The van der Waals surface area contributed by atoms with Crippen molar-refractivity contribution < 1.29 is 80.2 Å². The summed E-state index contributed by atoms with van der Waals surface area (Å²) in [7, 11) is -9.91. The summed E-state index contributed by atoms with van der Waals surface area (Å²) in [6.45, 7) is 7.27. The minimum absolute atomic E-state index is 0.107. The molecule has 0 saturated heterocycles. The molecule has 0 aromatic carbocycles. The van der Waals surface area contributed by atoms with Crippen LogP contribution >= 0.6 is 15.6 Å². The lowest BCUT2D eigenvalue weighted by molar-refractivity contribution is -0.161. The number of aliphatic hydroxyl groups excluding tert-OH is 1. The lowest BCUT2D eigenvalue weighted by atomic mass is 10.00. The molecular weight excluding hydrogens is 1260 g/mol. The van der Waals surface area contributed by atoms with E-state index >= 15 is 0 Å². The van der Waals surface area contributed by atoms with E-state index in [1.54, 1.807) is 0 Å². The molecule has 0 bridgehead atoms. The molecule has 3 unspecified atom stereocenters. The first kappa shape index (κ1) is 94.1. The summed E-state index contributed by atoms with van der Waals surface area (Å²) in [6.07, 6.45) is 59.6. The Bertz CT molecular complexity index is 1840. The Hall–Kier alpha value is -1.94. The summed E-state index contributed by atoms with van der Waals surface area (Å²) >= 11 is 0. The predicted octanol–water partition coefficient (Wildman–Crippen LogP) is 22.9. The van der Waals surface area contributed by atoms with E-state index in [0.29, 0.717) is 25.7 Å². The van der Waals surface area contributed by atoms with Crippen molar-refractivity contribution in [2.75, 3.05) is 39.6 Å². The summed E-state index contributed by atoms with van der Waals surface area (Å²) in [6, 6.07) is 0. The van der Waals surface area contributed by atoms with E-state index in [-0.39, 0.29) is 25.7 Å². The molecule has 96 heavy (non-hydrogen) atoms. The molecule has 0 heterocycles. The largest absolute Gasteiger partial charge is 0.472 e. The van der Waals surface area contributed by atoms with Crippen LogP contribution in [0.1, 0.15) is 407 Å². The molecular formula is C77H150O17P2. The Labute approximate surface area is 588 Å². The monoisotopic (exact) mass is 1410 g/mol. The highest BCUT2D eigenvalue weighted by atomic mass is 31.2. The van der Waals surface area contributed by atoms with Gasteiger partial charge in [0.15, 0.2) is 12.2 Å². The molecule has 0 saturated carbocycles. The van der Waals surface area contributed by atoms with Crippen molar-refractivity contribution in [1.29, 1.82) is 0 Å². The highest BCUT2D eigenvalue weighted by molar-refractivity contribution is 7.47. The quantitative estimate of drug-likeness (QED) is 0.0222. The molecule has 0 fully saturated rings. The number of phosphoric ester groups is 2. The van der Waals surface area contributed by atoms with Crippen LogP contribution in [-0.2, 0) is 65.4 Å². The normalized spacial score (nSPS) is 14.2. The maximum absolute atomic E-state index is 13.1. The van der Waals surface area contributed by atoms with Gasteiger partial charge in [0.05, 0.1) is 26.4 Å². The molecule has 17 nitrogen and oxygen atoms in total. The molecule has 0 spiro atoms. The number of ether oxygens (including phenoxy) is 4. The van der Waals surface area contributed by atoms with Crippen LogP contribution in [0.25, 0.3) is 0 Å². The molecule has 0 aromatic heterocycles. The van der Waals surface area contributed by atoms with Crippen LogP contribution in [0.5, 0.6) is 0 Å². The highest BCUT2D eigenvalue weighted by Gasteiger charge is 2.30. The summed E-state index contributed by atoms with van der Waals surface area (Å²) in [5, 5.41) is 10.6. The van der Waals surface area contributed by atoms with Crippen LogP contribution < -0.4 is 0 Å². The van der Waals surface area contributed by atoms with Gasteiger partial charge in [-0.15, -0.1) is 0 Å². The number of esters is 4. The zero-order chi connectivity index (χ0) is 70.5. The third-order valence-corrected chi connectivity index (χ3v) is 20.3. The van der Waals surface area contributed by atoms with Gasteiger partial charge in [0.25, 0.3) is 0 Å². The van der Waals surface area contributed by atoms with Crippen LogP contribution in [0, 0.1) is 5.92 Å². The van der Waals surface area contributed by atoms with E-state index in [4.69, 9.17) is 37.0 Å². The minimum atomic E-state index is -4.96. The second kappa shape index (κ2) is 70.1. The predicted molar refractivity (Wildman–Crippen MR) is 391 cm³/mol. The van der Waals surface area contributed by atoms with Crippen molar-refractivity contribution >= 4 is 39.5 Å². The lowest BCUT2D eigenvalue weighted by Gasteiger charge is -2.21. The van der Waals surface area contributed by atoms with Crippen molar-refractivity contribution in [3.8, 4) is 0 Å². The fourth-order valence-corrected chi connectivity index (χ4v) is 13.4. The van der Waals surface area contributed by atoms with Crippen molar-refractivity contribution in [1.82, 2.24) is 0 Å². The number of hydrogen-bond acceptors (Lipinski definition) is 15. The van der Waals surface area contributed by atoms with Crippen molar-refractivity contribution in [2.45, 2.75) is 425 Å². The van der Waals surface area contributed by atoms with Gasteiger partial charge in [0.2, 0.25) is 0 Å². The average Bonchev–Trinajstić information content (AvgIpc) is 2.66. The first-order valence-corrected chi connectivity index (χ1v) is 43.2. The van der Waals surface area contributed by atoms with E-state index in [1.807, 2.05) is 0 Å². The van der Waals surface area contributed by atoms with Crippen LogP contribution in [-0.4, -0.2) is 96.7 Å². The van der Waals surface area contributed by atoms with E-state index < -0.39 is 97.5 Å². The Morgan fingerprint density at radius 1 is 0.292 bits per heavy atom. The molecule has 0 radical (unpaired) electrons. The number of aliphatic hydroxyl groups is 1. The molecule has 0 aliphatic heterocycles. The topological polar surface area (TPSA) is 237 Å². The van der Waals surface area contributed by atoms with Crippen molar-refractivity contribution in [3.63, 3.8) is 0 Å². The maximum Gasteiger partial charge on any atom is 0.472 e. The Morgan fingerprint density at radius 3 is 0.740 bits per heavy atom. The van der Waals surface area contributed by atoms with Gasteiger partial charge in [0, 0.05) is 25.7 Å². The summed E-state index contributed by atoms with van der Waals surface area (Å²) < 4.78 is 68.6. The smallest absolute Gasteiger partial charge is 0.462 e. The summed E-state index contributed by atoms with van der Waals surface area (Å²) in [5.41, 5.74) is 0. The minimum Gasteiger partial charge on any atom is -0.462 e. The molecule has 570 valence electrons. The molecule has 3 N–H and O–H groups in total. The Balaban J connectivity index is 5.24. The van der Waals surface area contributed by atoms with Crippen LogP contribution in [0.2, 0.25) is 0 Å². The second-order valence-electron chi connectivity index (χ2n) is 28.0. The summed E-state index contributed by atoms with van der Waals surface area (Å²) in [5.74, 6) is -1.38. The average molecular weight is 1410 g/mol. The van der Waals surface area contributed by atoms with Crippen LogP contribution in [0.15, 0.2) is 0 Å². The number of phosphoric acid groups is 2. The zero-order valence-corrected chi connectivity index (χ0v) is 64.3. The van der Waals surface area contributed by atoms with Gasteiger partial charge in [-0.1, -0.05) is 356 Å². The number of hydrogen-bond donors (Lipinski definition) is 3. The fourth-order valence-electron chi connectivity index (χ4n) is 11.8. The van der Waals surface area contributed by atoms with Crippen LogP contribution in [0.3, 0.4) is 0 Å². The van der Waals surface area contributed by atoms with Crippen molar-refractivity contribution in [2.24, 2.45) is 5.92 Å². The van der Waals surface area contributed by atoms with Crippen molar-refractivity contribution in [3.05, 3.63) is 0 Å². The van der Waals surface area contributed by atoms with Gasteiger partial charge in [-0.25, -0.2) is 9.13 Å². The molecule has 0 aliphatic carbocycles. The molecule has 0 aliphatic rings. The number of carbonyl (C=O) groups is 4. The van der Waals surface area contributed by atoms with E-state index in [1.165, 1.54) is 225 Å². The standard InChI is InChI=1S/C77H150O17P2/c1-6-10-13-16-19-22-25-28-30-32-34-36-39-41-44-50-55-60-74(79)87-66-72(93-77(82)63-58-53-46-43-40-37-35-33-31-29-26-23-20-17-14-11-7-2)68-91-95(83,84)89-64-71(78)65-90-96(85,86)92-69-73(67-88-75(80)61-56-51-48-47-49-54-59-70(5)9-4)94-76(81)62-57-52-45-42-38-27-24-21-18-15-12-8-3/h70-73,78H,6-69H2,1-5H3,(H,83,84)(H,85,86)/t70?,71-,72-,73-/m1/s1. The number of carbonyl (C=O) groups excluding carboxylic acids is 4. The van der Waals surface area contributed by atoms with Crippen LogP contribution in [0.4, 0.5) is 0 Å². The van der Waals surface area contributed by atoms with Gasteiger partial charge in [-0.2, -0.15) is 0 Å². The Morgan fingerprint density at radius 2 is 0.500 bits per heavy atom. The zero-order valence-electron chi connectivity index (χ0n) is 62.5. The van der Waals surface area contributed by atoms with Gasteiger partial charge < -0.3 is 33.8 Å². The third-order valence-electron chi connectivity index (χ3n) is 18.4. The fraction of sp³-hybridized carbons (Fsp3) is 0.948. The molecule has 0 amide bonds. The first-order valence-electron chi connectivity index (χ1n) is 40.2. The second-order valence-corrected chi connectivity index (χ2v) is 30.9. The molecule has 19 heteroatoms. The van der Waals surface area contributed by atoms with Gasteiger partial charge in [0.1, 0.15) is 19.3 Å². The SMILES string of the molecule is CCCCCCCCCCCCCCCCCCCC(=O)OC[C@H](COP(=O)(O)OC[C@@H](O)COP(=O)(O)OC[C@@H](COC(=O)CCCCCCCCC(C)CC)OC(=O)CCCCCCCCCCCCCC)OC(=O)CCCCCCCCCCCCCCCCCCC.